The summed E-state index contributed by atoms with van der Waals surface area (Å²) in [7, 11) is 0. The number of aryl methyl sites for hydroxylation is 3. The molecular weight excluding hydrogens is 338 g/mol. The van der Waals surface area contributed by atoms with E-state index in [0.717, 1.165) is 29.9 Å². The van der Waals surface area contributed by atoms with Crippen molar-refractivity contribution in [3.63, 3.8) is 0 Å². The van der Waals surface area contributed by atoms with E-state index >= 15 is 0 Å². The van der Waals surface area contributed by atoms with Gasteiger partial charge in [-0.1, -0.05) is 36.4 Å². The number of hydrogen-bond donors (Lipinski definition) is 2. The first-order chi connectivity index (χ1) is 13.0. The van der Waals surface area contributed by atoms with Crippen molar-refractivity contribution in [2.75, 3.05) is 5.32 Å². The minimum Gasteiger partial charge on any atom is -0.441 e. The highest BCUT2D eigenvalue weighted by Gasteiger charge is 2.11. The number of carbonyl (C=O) groups excluding carboxylic acids is 1. The number of hydrogen-bond acceptors (Lipinski definition) is 3. The van der Waals surface area contributed by atoms with E-state index in [4.69, 9.17) is 4.42 Å². The van der Waals surface area contributed by atoms with Crippen LogP contribution in [0.1, 0.15) is 30.4 Å². The number of oxazole rings is 1. The zero-order valence-electron chi connectivity index (χ0n) is 16.0. The summed E-state index contributed by atoms with van der Waals surface area (Å²) in [5.41, 5.74) is 3.68. The SMILES string of the molecule is Cc1nc(-c2cccc(NC(=O)NC(C)CCc3ccccc3)c2)oc1C. The van der Waals surface area contributed by atoms with Gasteiger partial charge in [-0.25, -0.2) is 9.78 Å². The Balaban J connectivity index is 1.55. The van der Waals surface area contributed by atoms with Gasteiger partial charge in [0.1, 0.15) is 5.76 Å². The molecule has 27 heavy (non-hydrogen) atoms. The minimum absolute atomic E-state index is 0.0745. The van der Waals surface area contributed by atoms with E-state index in [0.29, 0.717) is 11.6 Å². The van der Waals surface area contributed by atoms with Gasteiger partial charge in [0.25, 0.3) is 0 Å². The molecule has 1 atom stereocenters. The first-order valence-corrected chi connectivity index (χ1v) is 9.17. The van der Waals surface area contributed by atoms with Crippen LogP contribution in [-0.2, 0) is 6.42 Å². The zero-order chi connectivity index (χ0) is 19.2. The van der Waals surface area contributed by atoms with Crippen molar-refractivity contribution in [3.05, 3.63) is 71.6 Å². The Morgan fingerprint density at radius 3 is 2.59 bits per heavy atom. The molecule has 0 aliphatic carbocycles. The normalized spacial score (nSPS) is 11.8. The molecule has 0 saturated heterocycles. The average Bonchev–Trinajstić information content (AvgIpc) is 3.00. The van der Waals surface area contributed by atoms with Crippen molar-refractivity contribution in [1.82, 2.24) is 10.3 Å². The number of amides is 2. The summed E-state index contributed by atoms with van der Waals surface area (Å²) in [6, 6.07) is 17.6. The summed E-state index contributed by atoms with van der Waals surface area (Å²) >= 11 is 0. The quantitative estimate of drug-likeness (QED) is 0.640. The Bertz CT molecular complexity index is 883. The van der Waals surface area contributed by atoms with Crippen LogP contribution in [0.5, 0.6) is 0 Å². The predicted molar refractivity (Wildman–Crippen MR) is 108 cm³/mol. The molecule has 0 radical (unpaired) electrons. The summed E-state index contributed by atoms with van der Waals surface area (Å²) < 4.78 is 5.66. The van der Waals surface area contributed by atoms with Crippen LogP contribution >= 0.6 is 0 Å². The first-order valence-electron chi connectivity index (χ1n) is 9.17. The highest BCUT2D eigenvalue weighted by molar-refractivity contribution is 5.90. The molecule has 3 aromatic rings. The van der Waals surface area contributed by atoms with Crippen LogP contribution in [0.15, 0.2) is 59.0 Å². The molecule has 0 aliphatic heterocycles. The second kappa shape index (κ2) is 8.54. The molecule has 2 N–H and O–H groups in total. The third-order valence-corrected chi connectivity index (χ3v) is 4.48. The smallest absolute Gasteiger partial charge is 0.319 e. The lowest BCUT2D eigenvalue weighted by Gasteiger charge is -2.15. The van der Waals surface area contributed by atoms with Gasteiger partial charge in [0.05, 0.1) is 5.69 Å². The van der Waals surface area contributed by atoms with Gasteiger partial charge in [-0.3, -0.25) is 0 Å². The van der Waals surface area contributed by atoms with Gasteiger partial charge in [0.15, 0.2) is 0 Å². The van der Waals surface area contributed by atoms with Gasteiger partial charge < -0.3 is 15.1 Å². The number of rotatable bonds is 6. The van der Waals surface area contributed by atoms with Crippen LogP contribution in [0.3, 0.4) is 0 Å². The summed E-state index contributed by atoms with van der Waals surface area (Å²) in [6.07, 6.45) is 1.81. The van der Waals surface area contributed by atoms with Crippen LogP contribution in [0.25, 0.3) is 11.5 Å². The Morgan fingerprint density at radius 2 is 1.89 bits per heavy atom. The fourth-order valence-corrected chi connectivity index (χ4v) is 2.82. The van der Waals surface area contributed by atoms with Crippen LogP contribution in [0.4, 0.5) is 10.5 Å². The monoisotopic (exact) mass is 363 g/mol. The van der Waals surface area contributed by atoms with E-state index in [1.165, 1.54) is 5.56 Å². The molecule has 5 nitrogen and oxygen atoms in total. The van der Waals surface area contributed by atoms with Crippen LogP contribution in [0, 0.1) is 13.8 Å². The van der Waals surface area contributed by atoms with Crippen molar-refractivity contribution in [2.24, 2.45) is 0 Å². The highest BCUT2D eigenvalue weighted by atomic mass is 16.4. The standard InChI is InChI=1S/C22H25N3O2/c1-15(12-13-18-8-5-4-6-9-18)23-22(26)25-20-11-7-10-19(14-20)21-24-16(2)17(3)27-21/h4-11,14-15H,12-13H2,1-3H3,(H2,23,25,26). The predicted octanol–water partition coefficient (Wildman–Crippen LogP) is 5.10. The van der Waals surface area contributed by atoms with Crippen molar-refractivity contribution < 1.29 is 9.21 Å². The van der Waals surface area contributed by atoms with Crippen LogP contribution in [0.2, 0.25) is 0 Å². The summed E-state index contributed by atoms with van der Waals surface area (Å²) in [5, 5.41) is 5.87. The van der Waals surface area contributed by atoms with Crippen molar-refractivity contribution in [2.45, 2.75) is 39.7 Å². The molecule has 3 rings (SSSR count). The molecule has 140 valence electrons. The Hall–Kier alpha value is -3.08. The molecule has 2 amide bonds. The number of aromatic nitrogens is 1. The molecule has 0 bridgehead atoms. The summed E-state index contributed by atoms with van der Waals surface area (Å²) in [4.78, 5) is 16.7. The van der Waals surface area contributed by atoms with Gasteiger partial charge in [0.2, 0.25) is 5.89 Å². The molecule has 5 heteroatoms. The third-order valence-electron chi connectivity index (χ3n) is 4.48. The van der Waals surface area contributed by atoms with Gasteiger partial charge in [-0.15, -0.1) is 0 Å². The van der Waals surface area contributed by atoms with Crippen molar-refractivity contribution in [3.8, 4) is 11.5 Å². The molecule has 0 fully saturated rings. The fraction of sp³-hybridized carbons (Fsp3) is 0.273. The largest absolute Gasteiger partial charge is 0.441 e. The number of anilines is 1. The number of carbonyl (C=O) groups is 1. The Morgan fingerprint density at radius 1 is 1.11 bits per heavy atom. The molecule has 1 heterocycles. The molecule has 0 spiro atoms. The average molecular weight is 363 g/mol. The van der Waals surface area contributed by atoms with E-state index in [2.05, 4.69) is 27.8 Å². The molecule has 1 aromatic heterocycles. The Labute approximate surface area is 159 Å². The molecule has 0 aliphatic rings. The maximum absolute atomic E-state index is 12.3. The summed E-state index contributed by atoms with van der Waals surface area (Å²) in [6.45, 7) is 5.81. The topological polar surface area (TPSA) is 67.2 Å². The van der Waals surface area contributed by atoms with Gasteiger partial charge in [-0.05, 0) is 57.4 Å². The number of benzene rings is 2. The number of nitrogens with zero attached hydrogens (tertiary/aromatic N) is 1. The lowest BCUT2D eigenvalue weighted by molar-refractivity contribution is 0.248. The third kappa shape index (κ3) is 5.20. The van der Waals surface area contributed by atoms with Crippen molar-refractivity contribution >= 4 is 11.7 Å². The van der Waals surface area contributed by atoms with Crippen molar-refractivity contribution in [1.29, 1.82) is 0 Å². The van der Waals surface area contributed by atoms with Crippen LogP contribution in [-0.4, -0.2) is 17.1 Å². The zero-order valence-corrected chi connectivity index (χ0v) is 16.0. The van der Waals surface area contributed by atoms with Gasteiger partial charge >= 0.3 is 6.03 Å². The highest BCUT2D eigenvalue weighted by Crippen LogP contribution is 2.24. The lowest BCUT2D eigenvalue weighted by atomic mass is 10.1. The second-order valence-electron chi connectivity index (χ2n) is 6.77. The van der Waals surface area contributed by atoms with E-state index in [1.807, 2.05) is 63.2 Å². The van der Waals surface area contributed by atoms with E-state index in [9.17, 15) is 4.79 Å². The molecule has 1 unspecified atom stereocenters. The number of urea groups is 1. The Kier molecular flexibility index (Phi) is 5.91. The maximum Gasteiger partial charge on any atom is 0.319 e. The second-order valence-corrected chi connectivity index (χ2v) is 6.77. The van der Waals surface area contributed by atoms with Gasteiger partial charge in [0, 0.05) is 17.3 Å². The lowest BCUT2D eigenvalue weighted by Crippen LogP contribution is -2.36. The van der Waals surface area contributed by atoms with Gasteiger partial charge in [-0.2, -0.15) is 0 Å². The molecular formula is C22H25N3O2. The van der Waals surface area contributed by atoms with Crippen LogP contribution < -0.4 is 10.6 Å². The van der Waals surface area contributed by atoms with E-state index in [1.54, 1.807) is 0 Å². The molecule has 2 aromatic carbocycles. The maximum atomic E-state index is 12.3. The minimum atomic E-state index is -0.215. The molecule has 0 saturated carbocycles. The fourth-order valence-electron chi connectivity index (χ4n) is 2.82. The van der Waals surface area contributed by atoms with E-state index < -0.39 is 0 Å². The van der Waals surface area contributed by atoms with E-state index in [-0.39, 0.29) is 12.1 Å². The summed E-state index contributed by atoms with van der Waals surface area (Å²) in [5.74, 6) is 1.36. The first kappa shape index (κ1) is 18.7. The number of nitrogens with one attached hydrogen (secondary N) is 2.